The van der Waals surface area contributed by atoms with E-state index in [0.717, 1.165) is 5.56 Å². The van der Waals surface area contributed by atoms with E-state index in [9.17, 15) is 19.5 Å². The van der Waals surface area contributed by atoms with E-state index in [2.05, 4.69) is 13.2 Å². The molecule has 0 radical (unpaired) electrons. The minimum absolute atomic E-state index is 0.140. The van der Waals surface area contributed by atoms with E-state index in [-0.39, 0.29) is 43.3 Å². The van der Waals surface area contributed by atoms with Gasteiger partial charge in [0.05, 0.1) is 37.2 Å². The van der Waals surface area contributed by atoms with Gasteiger partial charge in [-0.25, -0.2) is 0 Å². The molecule has 3 amide bonds. The highest BCUT2D eigenvalue weighted by atomic mass is 16.5. The third kappa shape index (κ3) is 5.79. The van der Waals surface area contributed by atoms with E-state index in [1.54, 1.807) is 26.9 Å². The molecule has 3 aliphatic heterocycles. The second kappa shape index (κ2) is 13.6. The average Bonchev–Trinajstić information content (AvgIpc) is 3.68. The number of nitrogens with zero attached hydrogens (tertiary/aromatic N) is 3. The van der Waals surface area contributed by atoms with E-state index < -0.39 is 35.6 Å². The van der Waals surface area contributed by atoms with Crippen LogP contribution < -0.4 is 9.64 Å². The second-order valence-electron chi connectivity index (χ2n) is 12.5. The Kier molecular flexibility index (Phi) is 9.79. The predicted octanol–water partition coefficient (Wildman–Crippen LogP) is 4.21. The van der Waals surface area contributed by atoms with Gasteiger partial charge in [-0.2, -0.15) is 0 Å². The van der Waals surface area contributed by atoms with Crippen molar-refractivity contribution in [2.45, 2.75) is 63.9 Å². The van der Waals surface area contributed by atoms with Crippen LogP contribution >= 0.6 is 0 Å². The summed E-state index contributed by atoms with van der Waals surface area (Å²) in [4.78, 5) is 48.7. The molecular weight excluding hydrogens is 570 g/mol. The van der Waals surface area contributed by atoms with Crippen LogP contribution in [0.2, 0.25) is 0 Å². The van der Waals surface area contributed by atoms with Gasteiger partial charge in [-0.1, -0.05) is 56.3 Å². The highest BCUT2D eigenvalue weighted by Crippen LogP contribution is 2.59. The maximum absolute atomic E-state index is 14.7. The molecule has 3 saturated heterocycles. The summed E-state index contributed by atoms with van der Waals surface area (Å²) in [6.07, 6.45) is 3.84. The third-order valence-corrected chi connectivity index (χ3v) is 9.49. The van der Waals surface area contributed by atoms with Crippen molar-refractivity contribution >= 4 is 23.4 Å². The number of fused-ring (bicyclic) bond motifs is 1. The number of aliphatic hydroxyl groups is 1. The molecule has 240 valence electrons. The molecule has 9 heteroatoms. The lowest BCUT2D eigenvalue weighted by atomic mass is 9.70. The zero-order chi connectivity index (χ0) is 32.3. The summed E-state index contributed by atoms with van der Waals surface area (Å²) in [7, 11) is 0. The number of amides is 3. The van der Waals surface area contributed by atoms with Gasteiger partial charge in [0.1, 0.15) is 17.4 Å². The zero-order valence-electron chi connectivity index (χ0n) is 26.5. The summed E-state index contributed by atoms with van der Waals surface area (Å²) in [6, 6.07) is 15.3. The van der Waals surface area contributed by atoms with Crippen LogP contribution in [0.25, 0.3) is 0 Å². The normalized spacial score (nSPS) is 25.6. The first-order valence-corrected chi connectivity index (χ1v) is 15.9. The maximum atomic E-state index is 14.7. The van der Waals surface area contributed by atoms with Crippen molar-refractivity contribution in [2.75, 3.05) is 31.2 Å². The number of aliphatic hydroxyl groups excluding tert-OH is 1. The lowest BCUT2D eigenvalue weighted by molar-refractivity contribution is -0.152. The molecule has 0 aromatic heterocycles. The SMILES string of the molecule is C=CCN(Cc1ccccc1)C(=O)C1N([C@@H](CO)C(C)C)C(=O)[C@@H]2[C@H](C(=O)N(CC=C)c3ccc(OCC)cc3)[C@@H]3CCC12O3. The number of hydrogen-bond acceptors (Lipinski definition) is 6. The molecule has 0 aliphatic carbocycles. The first kappa shape index (κ1) is 32.4. The quantitative estimate of drug-likeness (QED) is 0.320. The van der Waals surface area contributed by atoms with Crippen molar-refractivity contribution < 1.29 is 29.0 Å². The first-order valence-electron chi connectivity index (χ1n) is 15.9. The molecule has 9 nitrogen and oxygen atoms in total. The van der Waals surface area contributed by atoms with Crippen LogP contribution in [0.5, 0.6) is 5.75 Å². The van der Waals surface area contributed by atoms with Crippen LogP contribution in [0.3, 0.4) is 0 Å². The van der Waals surface area contributed by atoms with Gasteiger partial charge in [-0.05, 0) is 55.5 Å². The fourth-order valence-corrected chi connectivity index (χ4v) is 7.52. The Hall–Kier alpha value is -3.95. The van der Waals surface area contributed by atoms with E-state index >= 15 is 0 Å². The summed E-state index contributed by atoms with van der Waals surface area (Å²) in [6.45, 7) is 14.6. The Morgan fingerprint density at radius 1 is 1.09 bits per heavy atom. The number of ether oxygens (including phenoxy) is 2. The summed E-state index contributed by atoms with van der Waals surface area (Å²) in [5.41, 5.74) is 0.418. The highest BCUT2D eigenvalue weighted by molar-refractivity contribution is 6.03. The molecule has 3 aliphatic rings. The number of hydrogen-bond donors (Lipinski definition) is 1. The van der Waals surface area contributed by atoms with Crippen LogP contribution in [-0.2, 0) is 25.7 Å². The van der Waals surface area contributed by atoms with Crippen molar-refractivity contribution in [2.24, 2.45) is 17.8 Å². The first-order chi connectivity index (χ1) is 21.7. The average molecular weight is 616 g/mol. The number of carbonyl (C=O) groups is 3. The molecule has 2 aromatic carbocycles. The van der Waals surface area contributed by atoms with Crippen LogP contribution in [0.4, 0.5) is 5.69 Å². The minimum atomic E-state index is -1.18. The Morgan fingerprint density at radius 3 is 2.38 bits per heavy atom. The van der Waals surface area contributed by atoms with E-state index in [1.807, 2.05) is 75.4 Å². The van der Waals surface area contributed by atoms with Crippen molar-refractivity contribution in [3.05, 3.63) is 85.5 Å². The highest BCUT2D eigenvalue weighted by Gasteiger charge is 2.75. The molecule has 2 bridgehead atoms. The fourth-order valence-electron chi connectivity index (χ4n) is 7.52. The number of anilines is 1. The molecular formula is C36H45N3O6. The molecule has 6 atom stereocenters. The van der Waals surface area contributed by atoms with Crippen molar-refractivity contribution in [3.8, 4) is 5.75 Å². The largest absolute Gasteiger partial charge is 0.494 e. The smallest absolute Gasteiger partial charge is 0.249 e. The summed E-state index contributed by atoms with van der Waals surface area (Å²) in [5.74, 6) is -1.91. The van der Waals surface area contributed by atoms with Gasteiger partial charge in [0, 0.05) is 25.3 Å². The molecule has 1 N–H and O–H groups in total. The lowest BCUT2D eigenvalue weighted by Gasteiger charge is -2.40. The summed E-state index contributed by atoms with van der Waals surface area (Å²) in [5, 5.41) is 10.6. The zero-order valence-corrected chi connectivity index (χ0v) is 26.5. The van der Waals surface area contributed by atoms with Crippen LogP contribution in [-0.4, -0.2) is 82.7 Å². The molecule has 5 rings (SSSR count). The molecule has 0 saturated carbocycles. The van der Waals surface area contributed by atoms with E-state index in [4.69, 9.17) is 9.47 Å². The Balaban J connectivity index is 1.54. The number of likely N-dealkylation sites (tertiary alicyclic amines) is 1. The molecule has 3 fully saturated rings. The molecule has 1 spiro atoms. The van der Waals surface area contributed by atoms with Crippen LogP contribution in [0, 0.1) is 17.8 Å². The predicted molar refractivity (Wildman–Crippen MR) is 172 cm³/mol. The van der Waals surface area contributed by atoms with Crippen molar-refractivity contribution in [3.63, 3.8) is 0 Å². The number of benzene rings is 2. The number of rotatable bonds is 14. The molecule has 2 unspecified atom stereocenters. The van der Waals surface area contributed by atoms with Crippen LogP contribution in [0.1, 0.15) is 39.2 Å². The third-order valence-electron chi connectivity index (χ3n) is 9.49. The second-order valence-corrected chi connectivity index (χ2v) is 12.5. The maximum Gasteiger partial charge on any atom is 0.249 e. The standard InChI is InChI=1S/C36H45N3O6/c1-6-20-37(22-25-12-10-9-11-13-25)35(43)32-36-19-18-29(45-36)30(31(36)34(42)39(32)28(23-40)24(4)5)33(41)38(21-7-2)26-14-16-27(17-15-26)44-8-3/h6-7,9-17,24,28-32,40H,1-2,8,18-23H2,3-5H3/t28-,29-,30+,31-,32?,36?/m0/s1. The van der Waals surface area contributed by atoms with Gasteiger partial charge in [-0.15, -0.1) is 13.2 Å². The van der Waals surface area contributed by atoms with Gasteiger partial charge >= 0.3 is 0 Å². The van der Waals surface area contributed by atoms with Crippen molar-refractivity contribution in [1.29, 1.82) is 0 Å². The molecule has 2 aromatic rings. The minimum Gasteiger partial charge on any atom is -0.494 e. The van der Waals surface area contributed by atoms with Gasteiger partial charge in [-0.3, -0.25) is 14.4 Å². The Morgan fingerprint density at radius 2 is 1.78 bits per heavy atom. The van der Waals surface area contributed by atoms with Crippen LogP contribution in [0.15, 0.2) is 79.9 Å². The van der Waals surface area contributed by atoms with E-state index in [0.29, 0.717) is 37.4 Å². The topological polar surface area (TPSA) is 99.6 Å². The van der Waals surface area contributed by atoms with Gasteiger partial charge in [0.15, 0.2) is 0 Å². The Bertz CT molecular complexity index is 1400. The summed E-state index contributed by atoms with van der Waals surface area (Å²) < 4.78 is 12.3. The van der Waals surface area contributed by atoms with Gasteiger partial charge in [0.25, 0.3) is 0 Å². The van der Waals surface area contributed by atoms with Crippen molar-refractivity contribution in [1.82, 2.24) is 9.80 Å². The monoisotopic (exact) mass is 615 g/mol. The molecule has 45 heavy (non-hydrogen) atoms. The fraction of sp³-hybridized carbons (Fsp3) is 0.472. The lowest BCUT2D eigenvalue weighted by Crippen LogP contribution is -2.59. The number of carbonyl (C=O) groups excluding carboxylic acids is 3. The Labute approximate surface area is 266 Å². The van der Waals surface area contributed by atoms with Gasteiger partial charge in [0.2, 0.25) is 17.7 Å². The van der Waals surface area contributed by atoms with Gasteiger partial charge < -0.3 is 29.3 Å². The summed E-state index contributed by atoms with van der Waals surface area (Å²) >= 11 is 0. The van der Waals surface area contributed by atoms with E-state index in [1.165, 1.54) is 0 Å². The molecule has 3 heterocycles.